The van der Waals surface area contributed by atoms with E-state index in [0.717, 1.165) is 15.5 Å². The van der Waals surface area contributed by atoms with Crippen LogP contribution < -0.4 is 5.56 Å². The Labute approximate surface area is 118 Å². The van der Waals surface area contributed by atoms with Crippen molar-refractivity contribution < 1.29 is 5.11 Å². The van der Waals surface area contributed by atoms with E-state index in [0.29, 0.717) is 10.9 Å². The van der Waals surface area contributed by atoms with E-state index in [1.54, 1.807) is 18.3 Å². The van der Waals surface area contributed by atoms with Crippen LogP contribution in [0.4, 0.5) is 0 Å². The van der Waals surface area contributed by atoms with Crippen LogP contribution >= 0.6 is 23.1 Å². The SMILES string of the molecule is Cc1cc(=O)[nH]c(SCc2ccc(C#CCO)s2)n1. The number of nitrogens with zero attached hydrogens (tertiary/aromatic N) is 1. The van der Waals surface area contributed by atoms with Crippen LogP contribution in [-0.2, 0) is 5.75 Å². The first-order valence-corrected chi connectivity index (χ1v) is 7.37. The fourth-order valence-corrected chi connectivity index (χ4v) is 3.26. The van der Waals surface area contributed by atoms with E-state index in [4.69, 9.17) is 5.11 Å². The van der Waals surface area contributed by atoms with Crippen molar-refractivity contribution in [3.05, 3.63) is 44.0 Å². The monoisotopic (exact) mass is 292 g/mol. The van der Waals surface area contributed by atoms with Crippen molar-refractivity contribution in [1.29, 1.82) is 0 Å². The lowest BCUT2D eigenvalue weighted by Crippen LogP contribution is -2.07. The summed E-state index contributed by atoms with van der Waals surface area (Å²) in [5.74, 6) is 6.22. The number of thioether (sulfide) groups is 1. The van der Waals surface area contributed by atoms with E-state index in [-0.39, 0.29) is 12.2 Å². The highest BCUT2D eigenvalue weighted by Crippen LogP contribution is 2.24. The van der Waals surface area contributed by atoms with Crippen molar-refractivity contribution in [2.45, 2.75) is 17.8 Å². The second-order valence-corrected chi connectivity index (χ2v) is 5.84. The maximum absolute atomic E-state index is 11.3. The van der Waals surface area contributed by atoms with Crippen LogP contribution in [0.2, 0.25) is 0 Å². The van der Waals surface area contributed by atoms with Crippen molar-refractivity contribution in [2.75, 3.05) is 6.61 Å². The van der Waals surface area contributed by atoms with E-state index < -0.39 is 0 Å². The lowest BCUT2D eigenvalue weighted by atomic mass is 10.4. The number of hydrogen-bond donors (Lipinski definition) is 2. The highest BCUT2D eigenvalue weighted by molar-refractivity contribution is 7.98. The van der Waals surface area contributed by atoms with Gasteiger partial charge in [-0.05, 0) is 19.1 Å². The molecule has 0 atom stereocenters. The lowest BCUT2D eigenvalue weighted by molar-refractivity contribution is 0.350. The van der Waals surface area contributed by atoms with Crippen LogP contribution in [0.25, 0.3) is 0 Å². The Kier molecular flexibility index (Phi) is 4.80. The molecule has 0 saturated carbocycles. The number of aromatic nitrogens is 2. The number of aromatic amines is 1. The van der Waals surface area contributed by atoms with Gasteiger partial charge in [0.25, 0.3) is 5.56 Å². The fraction of sp³-hybridized carbons (Fsp3) is 0.231. The molecule has 2 rings (SSSR count). The molecule has 6 heteroatoms. The average molecular weight is 292 g/mol. The molecular weight excluding hydrogens is 280 g/mol. The molecule has 2 N–H and O–H groups in total. The summed E-state index contributed by atoms with van der Waals surface area (Å²) in [6, 6.07) is 5.39. The molecule has 0 aliphatic carbocycles. The minimum Gasteiger partial charge on any atom is -0.384 e. The highest BCUT2D eigenvalue weighted by Gasteiger charge is 2.02. The molecule has 2 aromatic rings. The molecule has 0 bridgehead atoms. The molecule has 0 fully saturated rings. The molecule has 0 spiro atoms. The van der Waals surface area contributed by atoms with E-state index >= 15 is 0 Å². The normalized spacial score (nSPS) is 10.0. The molecule has 98 valence electrons. The molecule has 0 aromatic carbocycles. The largest absolute Gasteiger partial charge is 0.384 e. The van der Waals surface area contributed by atoms with Gasteiger partial charge in [-0.3, -0.25) is 4.79 Å². The molecule has 0 unspecified atom stereocenters. The summed E-state index contributed by atoms with van der Waals surface area (Å²) in [5.41, 5.74) is 0.586. The Morgan fingerprint density at radius 1 is 1.53 bits per heavy atom. The molecule has 0 radical (unpaired) electrons. The van der Waals surface area contributed by atoms with Gasteiger partial charge in [0.1, 0.15) is 6.61 Å². The number of aliphatic hydroxyl groups excluding tert-OH is 1. The summed E-state index contributed by atoms with van der Waals surface area (Å²) >= 11 is 3.06. The first kappa shape index (κ1) is 13.9. The Balaban J connectivity index is 2.02. The molecule has 19 heavy (non-hydrogen) atoms. The van der Waals surface area contributed by atoms with E-state index in [9.17, 15) is 4.79 Å². The summed E-state index contributed by atoms with van der Waals surface area (Å²) in [6.07, 6.45) is 0. The summed E-state index contributed by atoms with van der Waals surface area (Å²) < 4.78 is 0. The van der Waals surface area contributed by atoms with Crippen molar-refractivity contribution in [2.24, 2.45) is 0 Å². The van der Waals surface area contributed by atoms with E-state index in [2.05, 4.69) is 21.8 Å². The maximum Gasteiger partial charge on any atom is 0.251 e. The Morgan fingerprint density at radius 2 is 2.37 bits per heavy atom. The number of rotatable bonds is 3. The van der Waals surface area contributed by atoms with Crippen LogP contribution in [0.5, 0.6) is 0 Å². The standard InChI is InChI=1S/C13H12N2O2S2/c1-9-7-12(17)15-13(14-9)18-8-11-5-4-10(19-11)3-2-6-16/h4-5,7,16H,6,8H2,1H3,(H,14,15,17). The van der Waals surface area contributed by atoms with Crippen molar-refractivity contribution in [1.82, 2.24) is 9.97 Å². The van der Waals surface area contributed by atoms with Crippen LogP contribution in [0.15, 0.2) is 28.2 Å². The smallest absolute Gasteiger partial charge is 0.251 e. The summed E-state index contributed by atoms with van der Waals surface area (Å²) in [4.78, 5) is 20.3. The van der Waals surface area contributed by atoms with Crippen LogP contribution in [0.3, 0.4) is 0 Å². The Morgan fingerprint density at radius 3 is 3.11 bits per heavy atom. The lowest BCUT2D eigenvalue weighted by Gasteiger charge is -1.99. The van der Waals surface area contributed by atoms with Crippen molar-refractivity contribution >= 4 is 23.1 Å². The molecule has 2 heterocycles. The topological polar surface area (TPSA) is 66.0 Å². The average Bonchev–Trinajstić information content (AvgIpc) is 2.81. The number of aryl methyl sites for hydroxylation is 1. The number of hydrogen-bond acceptors (Lipinski definition) is 5. The third-order valence-electron chi connectivity index (χ3n) is 2.15. The van der Waals surface area contributed by atoms with E-state index in [1.807, 2.05) is 12.1 Å². The Bertz CT molecular complexity index is 680. The summed E-state index contributed by atoms with van der Waals surface area (Å²) in [7, 11) is 0. The van der Waals surface area contributed by atoms with Gasteiger partial charge >= 0.3 is 0 Å². The van der Waals surface area contributed by atoms with Gasteiger partial charge in [0.05, 0.1) is 4.88 Å². The predicted molar refractivity (Wildman–Crippen MR) is 77.4 cm³/mol. The van der Waals surface area contributed by atoms with Crippen LogP contribution in [-0.4, -0.2) is 21.7 Å². The van der Waals surface area contributed by atoms with Crippen molar-refractivity contribution in [3.63, 3.8) is 0 Å². The second-order valence-electron chi connectivity index (χ2n) is 3.71. The maximum atomic E-state index is 11.3. The number of aliphatic hydroxyl groups is 1. The minimum atomic E-state index is -0.129. The summed E-state index contributed by atoms with van der Waals surface area (Å²) in [6.45, 7) is 1.67. The van der Waals surface area contributed by atoms with Gasteiger partial charge in [-0.2, -0.15) is 0 Å². The van der Waals surface area contributed by atoms with Gasteiger partial charge in [0.2, 0.25) is 0 Å². The van der Waals surface area contributed by atoms with Gasteiger partial charge in [-0.1, -0.05) is 23.6 Å². The van der Waals surface area contributed by atoms with Gasteiger partial charge in [-0.15, -0.1) is 11.3 Å². The minimum absolute atomic E-state index is 0.129. The van der Waals surface area contributed by atoms with Crippen molar-refractivity contribution in [3.8, 4) is 11.8 Å². The molecule has 0 aliphatic rings. The zero-order valence-corrected chi connectivity index (χ0v) is 11.9. The third kappa shape index (κ3) is 4.24. The predicted octanol–water partition coefficient (Wildman–Crippen LogP) is 1.78. The molecule has 0 saturated heterocycles. The highest BCUT2D eigenvalue weighted by atomic mass is 32.2. The van der Waals surface area contributed by atoms with Gasteiger partial charge < -0.3 is 10.1 Å². The first-order valence-electron chi connectivity index (χ1n) is 5.56. The molecular formula is C13H12N2O2S2. The quantitative estimate of drug-likeness (QED) is 0.514. The summed E-state index contributed by atoms with van der Waals surface area (Å²) in [5, 5.41) is 9.25. The molecule has 0 aliphatic heterocycles. The van der Waals surface area contributed by atoms with Gasteiger partial charge in [-0.25, -0.2) is 4.98 Å². The Hall–Kier alpha value is -1.55. The first-order chi connectivity index (χ1) is 9.17. The van der Waals surface area contributed by atoms with Crippen LogP contribution in [0, 0.1) is 18.8 Å². The number of nitrogens with one attached hydrogen (secondary N) is 1. The second kappa shape index (κ2) is 6.57. The molecule has 0 amide bonds. The number of thiophene rings is 1. The third-order valence-corrected chi connectivity index (χ3v) is 4.26. The zero-order valence-electron chi connectivity index (χ0n) is 10.3. The molecule has 2 aromatic heterocycles. The van der Waals surface area contributed by atoms with E-state index in [1.165, 1.54) is 17.8 Å². The fourth-order valence-electron chi connectivity index (χ4n) is 1.41. The molecule has 4 nitrogen and oxygen atoms in total. The van der Waals surface area contributed by atoms with Gasteiger partial charge in [0.15, 0.2) is 5.16 Å². The zero-order chi connectivity index (χ0) is 13.7. The number of H-pyrrole nitrogens is 1. The van der Waals surface area contributed by atoms with Gasteiger partial charge in [0, 0.05) is 22.4 Å². The van der Waals surface area contributed by atoms with Crippen LogP contribution in [0.1, 0.15) is 15.4 Å².